The summed E-state index contributed by atoms with van der Waals surface area (Å²) in [4.78, 5) is 13.9. The van der Waals surface area contributed by atoms with Crippen LogP contribution in [0, 0.1) is 0 Å². The molecule has 4 nitrogen and oxygen atoms in total. The van der Waals surface area contributed by atoms with Crippen molar-refractivity contribution in [2.75, 3.05) is 33.4 Å². The van der Waals surface area contributed by atoms with E-state index in [4.69, 9.17) is 4.74 Å². The third-order valence-electron chi connectivity index (χ3n) is 3.01. The zero-order valence-corrected chi connectivity index (χ0v) is 12.6. The Hall–Kier alpha value is -0.420. The number of hydrogen-bond acceptors (Lipinski definition) is 3. The Morgan fingerprint density at radius 2 is 1.94 bits per heavy atom. The summed E-state index contributed by atoms with van der Waals surface area (Å²) < 4.78 is 4.99. The number of nitrogens with one attached hydrogen (secondary N) is 1. The molecular formula is C13H26N2O2S. The first kappa shape index (κ1) is 15.6. The van der Waals surface area contributed by atoms with Crippen molar-refractivity contribution in [3.63, 3.8) is 0 Å². The van der Waals surface area contributed by atoms with Crippen LogP contribution in [0.4, 0.5) is 4.79 Å². The number of nitrogens with zero attached hydrogens (tertiary/aromatic N) is 1. The zero-order valence-electron chi connectivity index (χ0n) is 11.8. The van der Waals surface area contributed by atoms with Gasteiger partial charge in [-0.2, -0.15) is 11.8 Å². The lowest BCUT2D eigenvalue weighted by molar-refractivity contribution is 0.190. The second-order valence-corrected chi connectivity index (χ2v) is 6.83. The summed E-state index contributed by atoms with van der Waals surface area (Å²) in [7, 11) is 1.72. The van der Waals surface area contributed by atoms with Gasteiger partial charge in [-0.3, -0.25) is 0 Å². The molecular weight excluding hydrogens is 248 g/mol. The van der Waals surface area contributed by atoms with Crippen molar-refractivity contribution in [1.82, 2.24) is 10.2 Å². The molecule has 1 fully saturated rings. The molecule has 0 spiro atoms. The van der Waals surface area contributed by atoms with Gasteiger partial charge in [0.1, 0.15) is 0 Å². The quantitative estimate of drug-likeness (QED) is 0.756. The lowest BCUT2D eigenvalue weighted by Crippen LogP contribution is -2.48. The van der Waals surface area contributed by atoms with E-state index in [0.717, 1.165) is 45.5 Å². The fraction of sp³-hybridized carbons (Fsp3) is 0.923. The highest BCUT2D eigenvalue weighted by Gasteiger charge is 2.25. The van der Waals surface area contributed by atoms with Gasteiger partial charge in [-0.1, -0.05) is 13.8 Å². The highest BCUT2D eigenvalue weighted by Crippen LogP contribution is 2.24. The smallest absolute Gasteiger partial charge is 0.317 e. The number of amides is 2. The molecule has 0 aliphatic carbocycles. The third-order valence-corrected chi connectivity index (χ3v) is 4.24. The minimum absolute atomic E-state index is 0.0979. The molecule has 2 amide bonds. The van der Waals surface area contributed by atoms with Crippen LogP contribution in [0.2, 0.25) is 0 Å². The number of unbranched alkanes of at least 4 members (excludes halogenated alkanes) is 2. The molecule has 0 saturated carbocycles. The Labute approximate surface area is 115 Å². The molecule has 1 aliphatic rings. The highest BCUT2D eigenvalue weighted by atomic mass is 32.2. The number of carbonyl (C=O) groups is 1. The number of ether oxygens (including phenoxy) is 1. The van der Waals surface area contributed by atoms with Crippen LogP contribution in [0.5, 0.6) is 0 Å². The van der Waals surface area contributed by atoms with E-state index < -0.39 is 0 Å². The average molecular weight is 274 g/mol. The van der Waals surface area contributed by atoms with Gasteiger partial charge >= 0.3 is 6.03 Å². The topological polar surface area (TPSA) is 41.6 Å². The Morgan fingerprint density at radius 1 is 1.28 bits per heavy atom. The van der Waals surface area contributed by atoms with Gasteiger partial charge in [-0.05, 0) is 19.3 Å². The molecule has 0 aromatic heterocycles. The Balaban J connectivity index is 2.12. The molecule has 0 radical (unpaired) electrons. The van der Waals surface area contributed by atoms with Gasteiger partial charge in [-0.25, -0.2) is 4.79 Å². The molecule has 5 heteroatoms. The van der Waals surface area contributed by atoms with Crippen molar-refractivity contribution < 1.29 is 9.53 Å². The fourth-order valence-corrected chi connectivity index (χ4v) is 3.52. The van der Waals surface area contributed by atoms with E-state index in [2.05, 4.69) is 19.2 Å². The first-order valence-electron chi connectivity index (χ1n) is 6.80. The molecule has 1 N–H and O–H groups in total. The van der Waals surface area contributed by atoms with Crippen molar-refractivity contribution in [2.45, 2.75) is 43.6 Å². The van der Waals surface area contributed by atoms with Crippen LogP contribution in [0.25, 0.3) is 0 Å². The summed E-state index contributed by atoms with van der Waals surface area (Å²) in [5, 5.41) is 4.09. The van der Waals surface area contributed by atoms with E-state index in [-0.39, 0.29) is 6.03 Å². The molecule has 106 valence electrons. The molecule has 18 heavy (non-hydrogen) atoms. The minimum Gasteiger partial charge on any atom is -0.385 e. The average Bonchev–Trinajstić information content (AvgIpc) is 2.32. The molecule has 1 heterocycles. The van der Waals surface area contributed by atoms with Gasteiger partial charge < -0.3 is 15.0 Å². The van der Waals surface area contributed by atoms with Crippen LogP contribution in [0.1, 0.15) is 33.1 Å². The second-order valence-electron chi connectivity index (χ2n) is 4.95. The maximum Gasteiger partial charge on any atom is 0.317 e. The molecule has 2 atom stereocenters. The zero-order chi connectivity index (χ0) is 13.4. The Kier molecular flexibility index (Phi) is 7.51. The maximum atomic E-state index is 12.0. The van der Waals surface area contributed by atoms with E-state index >= 15 is 0 Å². The lowest BCUT2D eigenvalue weighted by Gasteiger charge is -2.34. The monoisotopic (exact) mass is 274 g/mol. The summed E-state index contributed by atoms with van der Waals surface area (Å²) in [5.74, 6) is 0. The van der Waals surface area contributed by atoms with Gasteiger partial charge in [0.15, 0.2) is 0 Å². The van der Waals surface area contributed by atoms with Gasteiger partial charge in [0, 0.05) is 43.9 Å². The van der Waals surface area contributed by atoms with Crippen LogP contribution >= 0.6 is 11.8 Å². The first-order chi connectivity index (χ1) is 8.63. The number of thioether (sulfide) groups is 1. The van der Waals surface area contributed by atoms with E-state index in [1.807, 2.05) is 16.7 Å². The number of rotatable bonds is 6. The SMILES string of the molecule is COCCCCCNC(=O)N1C[C@@H](C)S[C@@H](C)C1. The van der Waals surface area contributed by atoms with Crippen LogP contribution < -0.4 is 5.32 Å². The van der Waals surface area contributed by atoms with E-state index in [9.17, 15) is 4.79 Å². The summed E-state index contributed by atoms with van der Waals surface area (Å²) in [6.45, 7) is 7.69. The molecule has 0 unspecified atom stereocenters. The predicted octanol–water partition coefficient (Wildman–Crippen LogP) is 2.34. The lowest BCUT2D eigenvalue weighted by atomic mass is 10.2. The predicted molar refractivity (Wildman–Crippen MR) is 77.2 cm³/mol. The van der Waals surface area contributed by atoms with Crippen LogP contribution in [0.3, 0.4) is 0 Å². The highest BCUT2D eigenvalue weighted by molar-refractivity contribution is 8.00. The minimum atomic E-state index is 0.0979. The molecule has 0 bridgehead atoms. The van der Waals surface area contributed by atoms with E-state index in [1.165, 1.54) is 0 Å². The van der Waals surface area contributed by atoms with Gasteiger partial charge in [0.05, 0.1) is 0 Å². The van der Waals surface area contributed by atoms with Crippen molar-refractivity contribution in [3.05, 3.63) is 0 Å². The molecule has 0 aromatic carbocycles. The van der Waals surface area contributed by atoms with Gasteiger partial charge in [0.2, 0.25) is 0 Å². The van der Waals surface area contributed by atoms with Crippen LogP contribution in [-0.4, -0.2) is 54.8 Å². The molecule has 1 saturated heterocycles. The van der Waals surface area contributed by atoms with Crippen molar-refractivity contribution in [3.8, 4) is 0 Å². The maximum absolute atomic E-state index is 12.0. The number of hydrogen-bond donors (Lipinski definition) is 1. The summed E-state index contributed by atoms with van der Waals surface area (Å²) in [6.07, 6.45) is 3.21. The van der Waals surface area contributed by atoms with Crippen molar-refractivity contribution in [1.29, 1.82) is 0 Å². The summed E-state index contributed by atoms with van der Waals surface area (Å²) in [5.41, 5.74) is 0. The fourth-order valence-electron chi connectivity index (χ4n) is 2.20. The van der Waals surface area contributed by atoms with E-state index in [1.54, 1.807) is 7.11 Å². The Bertz CT molecular complexity index is 241. The van der Waals surface area contributed by atoms with Gasteiger partial charge in [0.25, 0.3) is 0 Å². The van der Waals surface area contributed by atoms with Crippen molar-refractivity contribution in [2.24, 2.45) is 0 Å². The normalized spacial score (nSPS) is 24.1. The van der Waals surface area contributed by atoms with Crippen LogP contribution in [-0.2, 0) is 4.74 Å². The first-order valence-corrected chi connectivity index (χ1v) is 7.75. The van der Waals surface area contributed by atoms with Gasteiger partial charge in [-0.15, -0.1) is 0 Å². The number of carbonyl (C=O) groups excluding carboxylic acids is 1. The molecule has 1 rings (SSSR count). The van der Waals surface area contributed by atoms with Crippen LogP contribution in [0.15, 0.2) is 0 Å². The number of urea groups is 1. The molecule has 0 aromatic rings. The summed E-state index contributed by atoms with van der Waals surface area (Å²) in [6, 6.07) is 0.0979. The number of methoxy groups -OCH3 is 1. The van der Waals surface area contributed by atoms with Crippen molar-refractivity contribution >= 4 is 17.8 Å². The second kappa shape index (κ2) is 8.64. The van der Waals surface area contributed by atoms with E-state index in [0.29, 0.717) is 10.5 Å². The molecule has 1 aliphatic heterocycles. The summed E-state index contributed by atoms with van der Waals surface area (Å²) >= 11 is 1.96. The standard InChI is InChI=1S/C13H26N2O2S/c1-11-9-15(10-12(2)18-11)13(16)14-7-5-4-6-8-17-3/h11-12H,4-10H2,1-3H3,(H,14,16)/t11-,12+. The largest absolute Gasteiger partial charge is 0.385 e. The Morgan fingerprint density at radius 3 is 2.56 bits per heavy atom. The third kappa shape index (κ3) is 5.96.